The van der Waals surface area contributed by atoms with E-state index < -0.39 is 0 Å². The molecule has 0 amide bonds. The molecule has 3 aliphatic rings. The van der Waals surface area contributed by atoms with Gasteiger partial charge in [0.15, 0.2) is 0 Å². The minimum absolute atomic E-state index is 0.0218. The Kier molecular flexibility index (Phi) is 4.73. The van der Waals surface area contributed by atoms with E-state index >= 15 is 0 Å². The second kappa shape index (κ2) is 7.56. The summed E-state index contributed by atoms with van der Waals surface area (Å²) in [7, 11) is 0. The van der Waals surface area contributed by atoms with E-state index in [1.165, 1.54) is 33.6 Å². The van der Waals surface area contributed by atoms with E-state index in [1.54, 1.807) is 0 Å². The summed E-state index contributed by atoms with van der Waals surface area (Å²) >= 11 is 0. The number of aryl methyl sites for hydroxylation is 1. The molecule has 0 radical (unpaired) electrons. The molecule has 6 rings (SSSR count). The van der Waals surface area contributed by atoms with Gasteiger partial charge in [-0.3, -0.25) is 0 Å². The predicted molar refractivity (Wildman–Crippen MR) is 132 cm³/mol. The number of benzene rings is 2. The van der Waals surface area contributed by atoms with Crippen LogP contribution in [-0.2, 0) is 23.1 Å². The van der Waals surface area contributed by atoms with Crippen molar-refractivity contribution in [3.05, 3.63) is 82.7 Å². The number of hydrogen-bond donors (Lipinski definition) is 0. The number of aromatic nitrogens is 2. The number of rotatable bonds is 4. The van der Waals surface area contributed by atoms with Gasteiger partial charge in [0.25, 0.3) is 0 Å². The van der Waals surface area contributed by atoms with Crippen molar-refractivity contribution in [3.63, 3.8) is 0 Å². The van der Waals surface area contributed by atoms with E-state index in [2.05, 4.69) is 79.1 Å². The van der Waals surface area contributed by atoms with Crippen LogP contribution in [0.1, 0.15) is 41.8 Å². The summed E-state index contributed by atoms with van der Waals surface area (Å²) in [6.07, 6.45) is 3.00. The smallest absolute Gasteiger partial charge is 0.225 e. The molecule has 2 fully saturated rings. The Morgan fingerprint density at radius 1 is 0.909 bits per heavy atom. The third kappa shape index (κ3) is 3.59. The van der Waals surface area contributed by atoms with Gasteiger partial charge in [-0.05, 0) is 30.2 Å². The highest BCUT2D eigenvalue weighted by molar-refractivity contribution is 5.52. The van der Waals surface area contributed by atoms with Gasteiger partial charge in [0.1, 0.15) is 0 Å². The molecule has 2 saturated heterocycles. The van der Waals surface area contributed by atoms with Gasteiger partial charge in [0.05, 0.1) is 24.3 Å². The topological polar surface area (TPSA) is 41.5 Å². The van der Waals surface area contributed by atoms with Crippen LogP contribution in [0.3, 0.4) is 0 Å². The van der Waals surface area contributed by atoms with E-state index in [-0.39, 0.29) is 5.41 Å². The molecule has 33 heavy (non-hydrogen) atoms. The Labute approximate surface area is 196 Å². The molecule has 4 heterocycles. The summed E-state index contributed by atoms with van der Waals surface area (Å²) in [6, 6.07) is 18.0. The zero-order valence-corrected chi connectivity index (χ0v) is 19.8. The van der Waals surface area contributed by atoms with E-state index in [0.717, 1.165) is 51.8 Å². The highest BCUT2D eigenvalue weighted by Gasteiger charge is 2.50. The predicted octanol–water partition coefficient (Wildman–Crippen LogP) is 4.51. The molecule has 5 nitrogen and oxygen atoms in total. The highest BCUT2D eigenvalue weighted by atomic mass is 16.5. The van der Waals surface area contributed by atoms with Crippen molar-refractivity contribution in [2.75, 3.05) is 42.6 Å². The van der Waals surface area contributed by atoms with Gasteiger partial charge < -0.3 is 14.5 Å². The summed E-state index contributed by atoms with van der Waals surface area (Å²) in [6.45, 7) is 12.4. The molecule has 0 N–H and O–H groups in total. The normalized spacial score (nSPS) is 19.1. The first kappa shape index (κ1) is 20.7. The summed E-state index contributed by atoms with van der Waals surface area (Å²) < 4.78 is 5.39. The van der Waals surface area contributed by atoms with Gasteiger partial charge in [-0.15, -0.1) is 0 Å². The SMILES string of the molecule is Cc1ccc(C(C)(C)c2ccc(N3CCc4nc(N5CC6(COC6)C5)ncc4C3)cc2)cc1. The zero-order chi connectivity index (χ0) is 22.6. The third-order valence-electron chi connectivity index (χ3n) is 7.80. The van der Waals surface area contributed by atoms with Gasteiger partial charge in [0, 0.05) is 55.5 Å². The largest absolute Gasteiger partial charge is 0.380 e. The lowest BCUT2D eigenvalue weighted by molar-refractivity contribution is -0.127. The molecule has 5 heteroatoms. The first-order valence-corrected chi connectivity index (χ1v) is 12.0. The van der Waals surface area contributed by atoms with Crippen LogP contribution in [0.25, 0.3) is 0 Å². The van der Waals surface area contributed by atoms with E-state index in [0.29, 0.717) is 5.41 Å². The molecule has 0 bridgehead atoms. The molecular weight excluding hydrogens is 408 g/mol. The molecule has 170 valence electrons. The molecule has 2 aromatic carbocycles. The number of nitrogens with zero attached hydrogens (tertiary/aromatic N) is 4. The molecule has 0 atom stereocenters. The van der Waals surface area contributed by atoms with Gasteiger partial charge in [-0.2, -0.15) is 0 Å². The van der Waals surface area contributed by atoms with Crippen molar-refractivity contribution in [2.45, 2.75) is 39.2 Å². The zero-order valence-electron chi connectivity index (χ0n) is 19.8. The number of fused-ring (bicyclic) bond motifs is 1. The lowest BCUT2D eigenvalue weighted by Gasteiger charge is -2.54. The monoisotopic (exact) mass is 440 g/mol. The van der Waals surface area contributed by atoms with Crippen LogP contribution >= 0.6 is 0 Å². The average Bonchev–Trinajstić information content (AvgIpc) is 2.77. The maximum Gasteiger partial charge on any atom is 0.225 e. The molecule has 1 spiro atoms. The van der Waals surface area contributed by atoms with E-state index in [9.17, 15) is 0 Å². The highest BCUT2D eigenvalue weighted by Crippen LogP contribution is 2.39. The van der Waals surface area contributed by atoms with Crippen molar-refractivity contribution in [1.29, 1.82) is 0 Å². The van der Waals surface area contributed by atoms with Gasteiger partial charge in [0.2, 0.25) is 5.95 Å². The molecule has 0 unspecified atom stereocenters. The molecule has 0 saturated carbocycles. The molecule has 0 aliphatic carbocycles. The van der Waals surface area contributed by atoms with Gasteiger partial charge in [-0.1, -0.05) is 55.8 Å². The van der Waals surface area contributed by atoms with Crippen molar-refractivity contribution < 1.29 is 4.74 Å². The number of hydrogen-bond acceptors (Lipinski definition) is 5. The quantitative estimate of drug-likeness (QED) is 0.597. The van der Waals surface area contributed by atoms with Crippen molar-refractivity contribution in [3.8, 4) is 0 Å². The fraction of sp³-hybridized carbons (Fsp3) is 0.429. The fourth-order valence-corrected chi connectivity index (χ4v) is 5.38. The molecule has 1 aromatic heterocycles. The molecule has 3 aliphatic heterocycles. The standard InChI is InChI=1S/C28H32N4O/c1-20-4-6-22(7-5-20)27(2,3)23-8-10-24(11-9-23)31-13-12-25-21(15-31)14-29-26(30-25)32-16-28(17-32)18-33-19-28/h4-11,14H,12-13,15-19H2,1-3H3. The number of anilines is 2. The second-order valence-electron chi connectivity index (χ2n) is 10.7. The summed E-state index contributed by atoms with van der Waals surface area (Å²) in [5, 5.41) is 0. The lowest BCUT2D eigenvalue weighted by Crippen LogP contribution is -2.66. The summed E-state index contributed by atoms with van der Waals surface area (Å²) in [5.74, 6) is 0.891. The molecule has 3 aromatic rings. The van der Waals surface area contributed by atoms with Crippen LogP contribution in [0.15, 0.2) is 54.7 Å². The van der Waals surface area contributed by atoms with Crippen molar-refractivity contribution >= 4 is 11.6 Å². The van der Waals surface area contributed by atoms with Gasteiger partial charge in [-0.25, -0.2) is 9.97 Å². The van der Waals surface area contributed by atoms with Crippen LogP contribution < -0.4 is 9.80 Å². The van der Waals surface area contributed by atoms with Crippen LogP contribution in [0, 0.1) is 12.3 Å². The van der Waals surface area contributed by atoms with Gasteiger partial charge >= 0.3 is 0 Å². The lowest BCUT2D eigenvalue weighted by atomic mass is 9.78. The Balaban J connectivity index is 1.15. The van der Waals surface area contributed by atoms with Crippen LogP contribution in [0.4, 0.5) is 11.6 Å². The Morgan fingerprint density at radius 3 is 2.21 bits per heavy atom. The first-order chi connectivity index (χ1) is 15.9. The maximum absolute atomic E-state index is 5.39. The van der Waals surface area contributed by atoms with E-state index in [4.69, 9.17) is 14.7 Å². The number of ether oxygens (including phenoxy) is 1. The molecular formula is C28H32N4O. The van der Waals surface area contributed by atoms with Crippen LogP contribution in [0.5, 0.6) is 0 Å². The van der Waals surface area contributed by atoms with Crippen molar-refractivity contribution in [2.24, 2.45) is 5.41 Å². The minimum Gasteiger partial charge on any atom is -0.380 e. The minimum atomic E-state index is -0.0218. The fourth-order valence-electron chi connectivity index (χ4n) is 5.38. The third-order valence-corrected chi connectivity index (χ3v) is 7.80. The Bertz CT molecular complexity index is 1160. The summed E-state index contributed by atoms with van der Waals surface area (Å²) in [4.78, 5) is 14.4. The maximum atomic E-state index is 5.39. The summed E-state index contributed by atoms with van der Waals surface area (Å²) in [5.41, 5.74) is 8.07. The van der Waals surface area contributed by atoms with E-state index in [1.807, 2.05) is 6.20 Å². The van der Waals surface area contributed by atoms with Crippen LogP contribution in [0.2, 0.25) is 0 Å². The average molecular weight is 441 g/mol. The Morgan fingerprint density at radius 2 is 1.58 bits per heavy atom. The van der Waals surface area contributed by atoms with Crippen molar-refractivity contribution in [1.82, 2.24) is 9.97 Å². The first-order valence-electron chi connectivity index (χ1n) is 12.0. The Hall–Kier alpha value is -2.92. The van der Waals surface area contributed by atoms with Crippen LogP contribution in [-0.4, -0.2) is 42.8 Å². The second-order valence-corrected chi connectivity index (χ2v) is 10.7.